The lowest BCUT2D eigenvalue weighted by molar-refractivity contribution is 0.0954. The standard InChI is InChI=1S/C20H22N2O4/c1-4-12-26-17-9-6-15(7-10-17)14-21-22-20(23)16-8-11-18(24-3)19(13-16)25-5-2/h4,6-11,13-14H,1,5,12H2,2-3H3,(H,22,23)/b21-14+. The zero-order valence-corrected chi connectivity index (χ0v) is 14.9. The number of carbonyl (C=O) groups excluding carboxylic acids is 1. The highest BCUT2D eigenvalue weighted by atomic mass is 16.5. The molecule has 1 N–H and O–H groups in total. The smallest absolute Gasteiger partial charge is 0.271 e. The highest BCUT2D eigenvalue weighted by molar-refractivity contribution is 5.95. The van der Waals surface area contributed by atoms with Gasteiger partial charge in [-0.05, 0) is 55.0 Å². The van der Waals surface area contributed by atoms with Gasteiger partial charge in [-0.1, -0.05) is 12.7 Å². The highest BCUT2D eigenvalue weighted by Gasteiger charge is 2.10. The molecule has 0 fully saturated rings. The summed E-state index contributed by atoms with van der Waals surface area (Å²) in [4.78, 5) is 12.2. The van der Waals surface area contributed by atoms with Crippen molar-refractivity contribution in [1.29, 1.82) is 0 Å². The second-order valence-corrected chi connectivity index (χ2v) is 5.17. The number of ether oxygens (including phenoxy) is 3. The van der Waals surface area contributed by atoms with Crippen molar-refractivity contribution in [2.45, 2.75) is 6.92 Å². The second kappa shape index (κ2) is 9.88. The third-order valence-electron chi connectivity index (χ3n) is 3.35. The molecule has 0 aliphatic rings. The summed E-state index contributed by atoms with van der Waals surface area (Å²) in [5.41, 5.74) is 3.76. The van der Waals surface area contributed by atoms with E-state index < -0.39 is 0 Å². The Morgan fingerprint density at radius 3 is 2.58 bits per heavy atom. The molecule has 6 heteroatoms. The van der Waals surface area contributed by atoms with Gasteiger partial charge in [-0.25, -0.2) is 5.43 Å². The number of benzene rings is 2. The Morgan fingerprint density at radius 2 is 1.92 bits per heavy atom. The zero-order valence-electron chi connectivity index (χ0n) is 14.9. The van der Waals surface area contributed by atoms with Gasteiger partial charge in [0, 0.05) is 5.56 Å². The Labute approximate surface area is 153 Å². The molecule has 0 saturated carbocycles. The van der Waals surface area contributed by atoms with Crippen molar-refractivity contribution < 1.29 is 19.0 Å². The molecule has 0 bridgehead atoms. The van der Waals surface area contributed by atoms with E-state index >= 15 is 0 Å². The normalized spacial score (nSPS) is 10.4. The number of nitrogens with one attached hydrogen (secondary N) is 1. The molecule has 2 aromatic carbocycles. The topological polar surface area (TPSA) is 69.2 Å². The number of nitrogens with zero attached hydrogens (tertiary/aromatic N) is 1. The van der Waals surface area contributed by atoms with Crippen LogP contribution in [0.4, 0.5) is 0 Å². The van der Waals surface area contributed by atoms with E-state index in [9.17, 15) is 4.79 Å². The summed E-state index contributed by atoms with van der Waals surface area (Å²) in [5.74, 6) is 1.50. The summed E-state index contributed by atoms with van der Waals surface area (Å²) in [6.45, 7) is 6.40. The van der Waals surface area contributed by atoms with Crippen molar-refractivity contribution >= 4 is 12.1 Å². The first kappa shape index (κ1) is 19.1. The Morgan fingerprint density at radius 1 is 1.15 bits per heavy atom. The van der Waals surface area contributed by atoms with Gasteiger partial charge < -0.3 is 14.2 Å². The largest absolute Gasteiger partial charge is 0.493 e. The molecular formula is C20H22N2O4. The zero-order chi connectivity index (χ0) is 18.8. The fourth-order valence-corrected chi connectivity index (χ4v) is 2.12. The maximum Gasteiger partial charge on any atom is 0.271 e. The van der Waals surface area contributed by atoms with Gasteiger partial charge in [0.25, 0.3) is 5.91 Å². The number of hydrogen-bond acceptors (Lipinski definition) is 5. The van der Waals surface area contributed by atoms with Crippen LogP contribution in [0.1, 0.15) is 22.8 Å². The molecule has 0 unspecified atom stereocenters. The quantitative estimate of drug-likeness (QED) is 0.426. The van der Waals surface area contributed by atoms with Gasteiger partial charge in [0.05, 0.1) is 19.9 Å². The molecule has 2 aromatic rings. The molecule has 0 saturated heterocycles. The summed E-state index contributed by atoms with van der Waals surface area (Å²) < 4.78 is 16.1. The van der Waals surface area contributed by atoms with Crippen molar-refractivity contribution in [2.24, 2.45) is 5.10 Å². The number of amides is 1. The predicted molar refractivity (Wildman–Crippen MR) is 101 cm³/mol. The molecule has 1 amide bonds. The summed E-state index contributed by atoms with van der Waals surface area (Å²) in [5, 5.41) is 3.97. The SMILES string of the molecule is C=CCOc1ccc(/C=N/NC(=O)c2ccc(OC)c(OCC)c2)cc1. The van der Waals surface area contributed by atoms with Crippen LogP contribution >= 0.6 is 0 Å². The van der Waals surface area contributed by atoms with Gasteiger partial charge in [0.2, 0.25) is 0 Å². The predicted octanol–water partition coefficient (Wildman–Crippen LogP) is 3.42. The van der Waals surface area contributed by atoms with Gasteiger partial charge in [0.15, 0.2) is 11.5 Å². The van der Waals surface area contributed by atoms with E-state index in [4.69, 9.17) is 14.2 Å². The van der Waals surface area contributed by atoms with Crippen molar-refractivity contribution in [3.63, 3.8) is 0 Å². The third-order valence-corrected chi connectivity index (χ3v) is 3.35. The van der Waals surface area contributed by atoms with Crippen LogP contribution in [0.15, 0.2) is 60.2 Å². The van der Waals surface area contributed by atoms with Crippen LogP contribution < -0.4 is 19.6 Å². The number of hydrazone groups is 1. The number of hydrogen-bond donors (Lipinski definition) is 1. The second-order valence-electron chi connectivity index (χ2n) is 5.17. The highest BCUT2D eigenvalue weighted by Crippen LogP contribution is 2.27. The van der Waals surface area contributed by atoms with E-state index in [2.05, 4.69) is 17.1 Å². The van der Waals surface area contributed by atoms with E-state index in [1.807, 2.05) is 31.2 Å². The first-order valence-electron chi connectivity index (χ1n) is 8.16. The van der Waals surface area contributed by atoms with Crippen LogP contribution in [-0.4, -0.2) is 32.4 Å². The summed E-state index contributed by atoms with van der Waals surface area (Å²) >= 11 is 0. The molecule has 0 radical (unpaired) electrons. The van der Waals surface area contributed by atoms with E-state index in [0.717, 1.165) is 11.3 Å². The monoisotopic (exact) mass is 354 g/mol. The minimum absolute atomic E-state index is 0.337. The maximum absolute atomic E-state index is 12.2. The molecule has 2 rings (SSSR count). The summed E-state index contributed by atoms with van der Waals surface area (Å²) in [6, 6.07) is 12.3. The summed E-state index contributed by atoms with van der Waals surface area (Å²) in [7, 11) is 1.55. The van der Waals surface area contributed by atoms with Crippen LogP contribution in [0.2, 0.25) is 0 Å². The van der Waals surface area contributed by atoms with Crippen molar-refractivity contribution in [1.82, 2.24) is 5.43 Å². The van der Waals surface area contributed by atoms with Gasteiger partial charge in [-0.15, -0.1) is 0 Å². The van der Waals surface area contributed by atoms with E-state index in [1.54, 1.807) is 37.6 Å². The Bertz CT molecular complexity index is 770. The van der Waals surface area contributed by atoms with E-state index in [-0.39, 0.29) is 5.91 Å². The van der Waals surface area contributed by atoms with Crippen molar-refractivity contribution in [3.05, 3.63) is 66.2 Å². The maximum atomic E-state index is 12.2. The minimum Gasteiger partial charge on any atom is -0.493 e. The molecule has 0 aliphatic heterocycles. The summed E-state index contributed by atoms with van der Waals surface area (Å²) in [6.07, 6.45) is 3.24. The molecule has 0 heterocycles. The van der Waals surface area contributed by atoms with Crippen molar-refractivity contribution in [2.75, 3.05) is 20.3 Å². The lowest BCUT2D eigenvalue weighted by Crippen LogP contribution is -2.17. The first-order valence-corrected chi connectivity index (χ1v) is 8.16. The van der Waals surface area contributed by atoms with Gasteiger partial charge >= 0.3 is 0 Å². The van der Waals surface area contributed by atoms with Crippen LogP contribution in [0.5, 0.6) is 17.2 Å². The fourth-order valence-electron chi connectivity index (χ4n) is 2.12. The Balaban J connectivity index is 1.98. The number of methoxy groups -OCH3 is 1. The van der Waals surface area contributed by atoms with Crippen molar-refractivity contribution in [3.8, 4) is 17.2 Å². The number of rotatable bonds is 9. The van der Waals surface area contributed by atoms with Gasteiger partial charge in [0.1, 0.15) is 12.4 Å². The van der Waals surface area contributed by atoms with Gasteiger partial charge in [-0.3, -0.25) is 4.79 Å². The van der Waals surface area contributed by atoms with Crippen LogP contribution in [0.25, 0.3) is 0 Å². The molecule has 0 spiro atoms. The molecule has 136 valence electrons. The molecular weight excluding hydrogens is 332 g/mol. The average Bonchev–Trinajstić information content (AvgIpc) is 2.67. The fraction of sp³-hybridized carbons (Fsp3) is 0.200. The Hall–Kier alpha value is -3.28. The minimum atomic E-state index is -0.337. The molecule has 0 aliphatic carbocycles. The lowest BCUT2D eigenvalue weighted by atomic mass is 10.2. The lowest BCUT2D eigenvalue weighted by Gasteiger charge is -2.10. The Kier molecular flexibility index (Phi) is 7.24. The molecule has 0 atom stereocenters. The van der Waals surface area contributed by atoms with E-state index in [0.29, 0.717) is 30.3 Å². The average molecular weight is 354 g/mol. The van der Waals surface area contributed by atoms with Gasteiger partial charge in [-0.2, -0.15) is 5.10 Å². The van der Waals surface area contributed by atoms with Crippen LogP contribution in [0, 0.1) is 0 Å². The number of carbonyl (C=O) groups is 1. The third kappa shape index (κ3) is 5.37. The molecule has 0 aromatic heterocycles. The van der Waals surface area contributed by atoms with Crippen LogP contribution in [0.3, 0.4) is 0 Å². The first-order chi connectivity index (χ1) is 12.7. The molecule has 6 nitrogen and oxygen atoms in total. The van der Waals surface area contributed by atoms with Crippen LogP contribution in [-0.2, 0) is 0 Å². The molecule has 26 heavy (non-hydrogen) atoms. The van der Waals surface area contributed by atoms with E-state index in [1.165, 1.54) is 0 Å².